The standard InChI is InChI=1S/C25H21ClF3N3O5/c1-3-35-24(34)21-13(2)37-23(31)18(11-30)22(21)17-10-15(26)7-8-19(17)36-12-20(33)32-16-6-4-5-14(9-16)25(27,28)29/h4-10,22H,3,12,31H2,1-2H3,(H,32,33). The average Bonchev–Trinajstić information content (AvgIpc) is 2.82. The molecule has 2 aromatic carbocycles. The summed E-state index contributed by atoms with van der Waals surface area (Å²) in [7, 11) is 0. The number of carbonyl (C=O) groups is 2. The van der Waals surface area contributed by atoms with Crippen LogP contribution >= 0.6 is 11.6 Å². The molecule has 8 nitrogen and oxygen atoms in total. The molecular formula is C25H21ClF3N3O5. The highest BCUT2D eigenvalue weighted by molar-refractivity contribution is 6.30. The van der Waals surface area contributed by atoms with E-state index in [-0.39, 0.29) is 51.4 Å². The number of nitrogens with one attached hydrogen (secondary N) is 1. The maximum atomic E-state index is 13.0. The van der Waals surface area contributed by atoms with Crippen molar-refractivity contribution in [3.05, 3.63) is 81.4 Å². The summed E-state index contributed by atoms with van der Waals surface area (Å²) < 4.78 is 55.0. The van der Waals surface area contributed by atoms with Crippen LogP contribution in [0, 0.1) is 11.3 Å². The molecule has 1 heterocycles. The van der Waals surface area contributed by atoms with Crippen LogP contribution in [0.1, 0.15) is 30.9 Å². The zero-order valence-electron chi connectivity index (χ0n) is 19.6. The third-order valence-corrected chi connectivity index (χ3v) is 5.45. The third kappa shape index (κ3) is 6.34. The fourth-order valence-electron chi connectivity index (χ4n) is 3.66. The minimum atomic E-state index is -4.57. The van der Waals surface area contributed by atoms with Gasteiger partial charge in [-0.25, -0.2) is 4.79 Å². The van der Waals surface area contributed by atoms with E-state index in [1.54, 1.807) is 6.92 Å². The first-order chi connectivity index (χ1) is 17.5. The smallest absolute Gasteiger partial charge is 0.416 e. The molecule has 0 saturated carbocycles. The Labute approximate surface area is 215 Å². The van der Waals surface area contributed by atoms with Gasteiger partial charge in [-0.05, 0) is 50.2 Å². The van der Waals surface area contributed by atoms with Crippen molar-refractivity contribution in [1.82, 2.24) is 0 Å². The van der Waals surface area contributed by atoms with E-state index >= 15 is 0 Å². The molecule has 0 saturated heterocycles. The Morgan fingerprint density at radius 3 is 2.62 bits per heavy atom. The first kappa shape index (κ1) is 27.4. The summed E-state index contributed by atoms with van der Waals surface area (Å²) in [5.74, 6) is -2.64. The number of halogens is 4. The second-order valence-electron chi connectivity index (χ2n) is 7.71. The topological polar surface area (TPSA) is 124 Å². The molecule has 0 aromatic heterocycles. The number of ether oxygens (including phenoxy) is 3. The summed E-state index contributed by atoms with van der Waals surface area (Å²) in [6.07, 6.45) is -4.57. The average molecular weight is 536 g/mol. The van der Waals surface area contributed by atoms with Crippen LogP contribution in [0.15, 0.2) is 65.3 Å². The molecule has 12 heteroatoms. The molecule has 0 spiro atoms. The van der Waals surface area contributed by atoms with Gasteiger partial charge in [0.15, 0.2) is 6.61 Å². The fraction of sp³-hybridized carbons (Fsp3) is 0.240. The predicted octanol–water partition coefficient (Wildman–Crippen LogP) is 5.02. The van der Waals surface area contributed by atoms with Gasteiger partial charge in [0, 0.05) is 16.3 Å². The van der Waals surface area contributed by atoms with Crippen molar-refractivity contribution in [2.24, 2.45) is 5.73 Å². The molecular weight excluding hydrogens is 515 g/mol. The van der Waals surface area contributed by atoms with Gasteiger partial charge in [0.05, 0.1) is 23.7 Å². The second-order valence-corrected chi connectivity index (χ2v) is 8.15. The molecule has 1 unspecified atom stereocenters. The number of hydrogen-bond donors (Lipinski definition) is 2. The normalized spacial score (nSPS) is 15.5. The number of amides is 1. The number of alkyl halides is 3. The van der Waals surface area contributed by atoms with Crippen LogP contribution in [0.2, 0.25) is 5.02 Å². The van der Waals surface area contributed by atoms with Gasteiger partial charge in [-0.3, -0.25) is 4.79 Å². The third-order valence-electron chi connectivity index (χ3n) is 5.22. The van der Waals surface area contributed by atoms with Crippen molar-refractivity contribution in [2.45, 2.75) is 25.9 Å². The lowest BCUT2D eigenvalue weighted by Gasteiger charge is -2.28. The second kappa shape index (κ2) is 11.3. The molecule has 1 aliphatic rings. The van der Waals surface area contributed by atoms with Crippen molar-refractivity contribution in [2.75, 3.05) is 18.5 Å². The van der Waals surface area contributed by atoms with Gasteiger partial charge in [0.2, 0.25) is 5.88 Å². The monoisotopic (exact) mass is 535 g/mol. The first-order valence-corrected chi connectivity index (χ1v) is 11.2. The number of rotatable bonds is 7. The molecule has 0 bridgehead atoms. The lowest BCUT2D eigenvalue weighted by Crippen LogP contribution is -2.26. The van der Waals surface area contributed by atoms with Crippen LogP contribution in [0.4, 0.5) is 18.9 Å². The first-order valence-electron chi connectivity index (χ1n) is 10.8. The Morgan fingerprint density at radius 1 is 1.24 bits per heavy atom. The molecule has 1 amide bonds. The fourth-order valence-corrected chi connectivity index (χ4v) is 3.84. The van der Waals surface area contributed by atoms with Gasteiger partial charge in [-0.2, -0.15) is 18.4 Å². The van der Waals surface area contributed by atoms with Gasteiger partial charge < -0.3 is 25.3 Å². The van der Waals surface area contributed by atoms with Crippen molar-refractivity contribution < 1.29 is 37.0 Å². The Hall–Kier alpha value is -4.17. The highest BCUT2D eigenvalue weighted by Gasteiger charge is 2.38. The van der Waals surface area contributed by atoms with Crippen LogP contribution in [-0.2, 0) is 25.2 Å². The van der Waals surface area contributed by atoms with Crippen molar-refractivity contribution in [3.63, 3.8) is 0 Å². The molecule has 194 valence electrons. The number of hydrogen-bond acceptors (Lipinski definition) is 7. The van der Waals surface area contributed by atoms with E-state index in [0.717, 1.165) is 18.2 Å². The highest BCUT2D eigenvalue weighted by Crippen LogP contribution is 2.44. The Bertz CT molecular complexity index is 1330. The largest absolute Gasteiger partial charge is 0.483 e. The van der Waals surface area contributed by atoms with Crippen molar-refractivity contribution in [3.8, 4) is 11.8 Å². The number of anilines is 1. The molecule has 0 radical (unpaired) electrons. The van der Waals surface area contributed by atoms with E-state index in [4.69, 9.17) is 31.5 Å². The Kier molecular flexibility index (Phi) is 8.35. The van der Waals surface area contributed by atoms with Crippen LogP contribution in [-0.4, -0.2) is 25.1 Å². The lowest BCUT2D eigenvalue weighted by molar-refractivity contribution is -0.139. The van der Waals surface area contributed by atoms with Gasteiger partial charge >= 0.3 is 12.1 Å². The summed E-state index contributed by atoms with van der Waals surface area (Å²) >= 11 is 6.19. The van der Waals surface area contributed by atoms with E-state index in [2.05, 4.69) is 5.32 Å². The van der Waals surface area contributed by atoms with E-state index in [1.807, 2.05) is 6.07 Å². The summed E-state index contributed by atoms with van der Waals surface area (Å²) in [5.41, 5.74) is 5.03. The molecule has 37 heavy (non-hydrogen) atoms. The van der Waals surface area contributed by atoms with Crippen molar-refractivity contribution in [1.29, 1.82) is 5.26 Å². The highest BCUT2D eigenvalue weighted by atomic mass is 35.5. The number of esters is 1. The summed E-state index contributed by atoms with van der Waals surface area (Å²) in [4.78, 5) is 25.2. The van der Waals surface area contributed by atoms with Gasteiger partial charge in [-0.15, -0.1) is 0 Å². The SMILES string of the molecule is CCOC(=O)C1=C(C)OC(N)=C(C#N)C1c1cc(Cl)ccc1OCC(=O)Nc1cccc(C(F)(F)F)c1. The molecule has 2 aromatic rings. The maximum absolute atomic E-state index is 13.0. The molecule has 1 atom stereocenters. The summed E-state index contributed by atoms with van der Waals surface area (Å²) in [6.45, 7) is 2.54. The van der Waals surface area contributed by atoms with Crippen LogP contribution in [0.5, 0.6) is 5.75 Å². The number of allylic oxidation sites excluding steroid dienone is 2. The van der Waals surface area contributed by atoms with E-state index < -0.39 is 36.1 Å². The van der Waals surface area contributed by atoms with Gasteiger partial charge in [-0.1, -0.05) is 17.7 Å². The number of benzene rings is 2. The molecule has 0 aliphatic carbocycles. The number of nitrogens with two attached hydrogens (primary N) is 1. The minimum Gasteiger partial charge on any atom is -0.483 e. The van der Waals surface area contributed by atoms with Crippen molar-refractivity contribution >= 4 is 29.2 Å². The Balaban J connectivity index is 1.92. The van der Waals surface area contributed by atoms with E-state index in [0.29, 0.717) is 0 Å². The number of nitriles is 1. The maximum Gasteiger partial charge on any atom is 0.416 e. The zero-order valence-corrected chi connectivity index (χ0v) is 20.4. The minimum absolute atomic E-state index is 0.00636. The van der Waals surface area contributed by atoms with E-state index in [1.165, 1.54) is 31.2 Å². The van der Waals surface area contributed by atoms with Crippen LogP contribution in [0.3, 0.4) is 0 Å². The Morgan fingerprint density at radius 2 is 1.97 bits per heavy atom. The molecule has 3 rings (SSSR count). The van der Waals surface area contributed by atoms with Gasteiger partial charge in [0.1, 0.15) is 23.2 Å². The number of nitrogens with zero attached hydrogens (tertiary/aromatic N) is 1. The summed E-state index contributed by atoms with van der Waals surface area (Å²) in [5, 5.41) is 12.3. The molecule has 0 fully saturated rings. The molecule has 1 aliphatic heterocycles. The number of carbonyl (C=O) groups excluding carboxylic acids is 2. The molecule has 3 N–H and O–H groups in total. The predicted molar refractivity (Wildman–Crippen MR) is 127 cm³/mol. The van der Waals surface area contributed by atoms with E-state index in [9.17, 15) is 28.0 Å². The van der Waals surface area contributed by atoms with Crippen LogP contribution in [0.25, 0.3) is 0 Å². The lowest BCUT2D eigenvalue weighted by atomic mass is 9.82. The summed E-state index contributed by atoms with van der Waals surface area (Å²) in [6, 6.07) is 10.4. The quantitative estimate of drug-likeness (QED) is 0.477. The van der Waals surface area contributed by atoms with Gasteiger partial charge in [0.25, 0.3) is 5.91 Å². The van der Waals surface area contributed by atoms with Crippen LogP contribution < -0.4 is 15.8 Å². The zero-order chi connectivity index (χ0) is 27.3.